The van der Waals surface area contributed by atoms with Crippen molar-refractivity contribution in [3.63, 3.8) is 0 Å². The van der Waals surface area contributed by atoms with Crippen molar-refractivity contribution in [2.24, 2.45) is 12.8 Å². The zero-order valence-corrected chi connectivity index (χ0v) is 18.4. The average Bonchev–Trinajstić information content (AvgIpc) is 2.83. The summed E-state index contributed by atoms with van der Waals surface area (Å²) in [4.78, 5) is 48.1. The minimum Gasteiger partial charge on any atom is -0.424 e. The number of hydrogen-bond donors (Lipinski definition) is 2. The normalized spacial score (nSPS) is 10.6. The van der Waals surface area contributed by atoms with Crippen LogP contribution in [0.15, 0.2) is 70.4 Å². The molecule has 4 aromatic rings. The summed E-state index contributed by atoms with van der Waals surface area (Å²) in [5.41, 5.74) is 6.65. The molecule has 0 radical (unpaired) electrons. The SMILES string of the molecule is Cc1ccc(Cn2c(Nc3ccc(Oc4nccc(C(N)=O)n4)cc3)nc(=O)n(C)c2=O)cc1. The molecular weight excluding hydrogens is 438 g/mol. The van der Waals surface area contributed by atoms with E-state index in [0.29, 0.717) is 11.4 Å². The zero-order chi connectivity index (χ0) is 24.2. The Bertz CT molecular complexity index is 1460. The Kier molecular flexibility index (Phi) is 6.17. The van der Waals surface area contributed by atoms with Crippen LogP contribution in [0.4, 0.5) is 11.6 Å². The third-order valence-corrected chi connectivity index (χ3v) is 4.93. The molecule has 4 rings (SSSR count). The maximum atomic E-state index is 12.8. The molecule has 0 fully saturated rings. The Morgan fingerprint density at radius 2 is 1.74 bits per heavy atom. The number of nitrogens with zero attached hydrogens (tertiary/aromatic N) is 5. The molecule has 0 unspecified atom stereocenters. The van der Waals surface area contributed by atoms with Crippen molar-refractivity contribution in [3.8, 4) is 11.8 Å². The number of nitrogens with one attached hydrogen (secondary N) is 1. The summed E-state index contributed by atoms with van der Waals surface area (Å²) in [6.45, 7) is 2.21. The van der Waals surface area contributed by atoms with E-state index < -0.39 is 17.3 Å². The van der Waals surface area contributed by atoms with Crippen LogP contribution in [0.3, 0.4) is 0 Å². The van der Waals surface area contributed by atoms with Gasteiger partial charge in [-0.1, -0.05) is 29.8 Å². The molecule has 34 heavy (non-hydrogen) atoms. The number of ether oxygens (including phenoxy) is 1. The fraction of sp³-hybridized carbons (Fsp3) is 0.130. The van der Waals surface area contributed by atoms with Crippen molar-refractivity contribution in [1.29, 1.82) is 0 Å². The van der Waals surface area contributed by atoms with Gasteiger partial charge in [-0.3, -0.25) is 9.36 Å². The van der Waals surface area contributed by atoms with Gasteiger partial charge in [0.05, 0.1) is 6.54 Å². The zero-order valence-electron chi connectivity index (χ0n) is 18.4. The molecule has 0 aliphatic rings. The van der Waals surface area contributed by atoms with Crippen LogP contribution in [0.5, 0.6) is 11.8 Å². The summed E-state index contributed by atoms with van der Waals surface area (Å²) in [6, 6.07) is 15.7. The van der Waals surface area contributed by atoms with Gasteiger partial charge in [-0.05, 0) is 42.8 Å². The number of aromatic nitrogens is 5. The van der Waals surface area contributed by atoms with Gasteiger partial charge in [-0.2, -0.15) is 9.97 Å². The lowest BCUT2D eigenvalue weighted by molar-refractivity contribution is 0.0994. The lowest BCUT2D eigenvalue weighted by atomic mass is 10.1. The highest BCUT2D eigenvalue weighted by Gasteiger charge is 2.12. The van der Waals surface area contributed by atoms with Crippen LogP contribution in [0.25, 0.3) is 0 Å². The van der Waals surface area contributed by atoms with E-state index in [-0.39, 0.29) is 24.2 Å². The number of carbonyl (C=O) groups excluding carboxylic acids is 1. The summed E-state index contributed by atoms with van der Waals surface area (Å²) in [6.07, 6.45) is 1.37. The Balaban J connectivity index is 1.58. The number of amides is 1. The molecule has 3 N–H and O–H groups in total. The van der Waals surface area contributed by atoms with Crippen molar-refractivity contribution < 1.29 is 9.53 Å². The molecule has 2 heterocycles. The summed E-state index contributed by atoms with van der Waals surface area (Å²) in [5, 5.41) is 3.02. The van der Waals surface area contributed by atoms with Crippen LogP contribution >= 0.6 is 0 Å². The van der Waals surface area contributed by atoms with E-state index in [9.17, 15) is 14.4 Å². The molecule has 0 spiro atoms. The number of hydrogen-bond acceptors (Lipinski definition) is 8. The fourth-order valence-electron chi connectivity index (χ4n) is 3.06. The molecule has 2 aromatic heterocycles. The maximum absolute atomic E-state index is 12.8. The van der Waals surface area contributed by atoms with Crippen molar-refractivity contribution in [2.45, 2.75) is 13.5 Å². The smallest absolute Gasteiger partial charge is 0.354 e. The molecule has 0 saturated carbocycles. The van der Waals surface area contributed by atoms with E-state index in [2.05, 4.69) is 20.3 Å². The minimum absolute atomic E-state index is 0.0304. The van der Waals surface area contributed by atoms with Gasteiger partial charge in [0.1, 0.15) is 11.4 Å². The van der Waals surface area contributed by atoms with Crippen LogP contribution in [0.1, 0.15) is 21.6 Å². The van der Waals surface area contributed by atoms with Gasteiger partial charge >= 0.3 is 17.4 Å². The second-order valence-corrected chi connectivity index (χ2v) is 7.47. The topological polar surface area (TPSA) is 147 Å². The van der Waals surface area contributed by atoms with E-state index >= 15 is 0 Å². The van der Waals surface area contributed by atoms with Crippen LogP contribution in [0, 0.1) is 6.92 Å². The third kappa shape index (κ3) is 4.99. The Labute approximate surface area is 193 Å². The first-order chi connectivity index (χ1) is 16.3. The van der Waals surface area contributed by atoms with E-state index in [1.54, 1.807) is 24.3 Å². The number of benzene rings is 2. The summed E-state index contributed by atoms with van der Waals surface area (Å²) in [5.74, 6) is -0.175. The predicted molar refractivity (Wildman–Crippen MR) is 124 cm³/mol. The van der Waals surface area contributed by atoms with Crippen molar-refractivity contribution in [1.82, 2.24) is 24.1 Å². The van der Waals surface area contributed by atoms with Crippen LogP contribution in [-0.2, 0) is 13.6 Å². The number of carbonyl (C=O) groups is 1. The molecule has 1 amide bonds. The highest BCUT2D eigenvalue weighted by molar-refractivity contribution is 5.90. The lowest BCUT2D eigenvalue weighted by Crippen LogP contribution is -2.41. The first-order valence-electron chi connectivity index (χ1n) is 10.2. The molecule has 0 aliphatic carbocycles. The Morgan fingerprint density at radius 3 is 2.41 bits per heavy atom. The minimum atomic E-state index is -0.690. The summed E-state index contributed by atoms with van der Waals surface area (Å²) in [7, 11) is 1.38. The second kappa shape index (κ2) is 9.36. The van der Waals surface area contributed by atoms with E-state index in [1.165, 1.54) is 23.9 Å². The average molecular weight is 459 g/mol. The van der Waals surface area contributed by atoms with Gasteiger partial charge in [-0.25, -0.2) is 19.1 Å². The van der Waals surface area contributed by atoms with Crippen molar-refractivity contribution in [2.75, 3.05) is 5.32 Å². The molecule has 2 aromatic carbocycles. The van der Waals surface area contributed by atoms with E-state index in [1.807, 2.05) is 31.2 Å². The Morgan fingerprint density at radius 1 is 1.03 bits per heavy atom. The molecular formula is C23H21N7O4. The highest BCUT2D eigenvalue weighted by atomic mass is 16.5. The maximum Gasteiger partial charge on any atom is 0.354 e. The van der Waals surface area contributed by atoms with E-state index in [0.717, 1.165) is 15.7 Å². The number of nitrogens with two attached hydrogens (primary N) is 1. The van der Waals surface area contributed by atoms with Gasteiger partial charge in [0.15, 0.2) is 0 Å². The molecule has 0 saturated heterocycles. The molecule has 0 bridgehead atoms. The first kappa shape index (κ1) is 22.4. The molecule has 11 nitrogen and oxygen atoms in total. The fourth-order valence-corrected chi connectivity index (χ4v) is 3.06. The monoisotopic (exact) mass is 459 g/mol. The number of aryl methyl sites for hydroxylation is 1. The van der Waals surface area contributed by atoms with Gasteiger partial charge in [0, 0.05) is 18.9 Å². The number of anilines is 2. The summed E-state index contributed by atoms with van der Waals surface area (Å²) >= 11 is 0. The predicted octanol–water partition coefficient (Wildman–Crippen LogP) is 1.72. The van der Waals surface area contributed by atoms with Crippen LogP contribution < -0.4 is 27.2 Å². The highest BCUT2D eigenvalue weighted by Crippen LogP contribution is 2.22. The lowest BCUT2D eigenvalue weighted by Gasteiger charge is -2.14. The standard InChI is InChI=1S/C23H21N7O4/c1-14-3-5-15(6-4-14)13-30-20(28-22(32)29(2)23(30)33)26-16-7-9-17(10-8-16)34-21-25-12-11-18(27-21)19(24)31/h3-12H,13H2,1-2H3,(H2,24,31)(H,26,28,32). The molecule has 172 valence electrons. The second-order valence-electron chi connectivity index (χ2n) is 7.47. The van der Waals surface area contributed by atoms with Gasteiger partial charge in [0.2, 0.25) is 5.95 Å². The number of primary amides is 1. The van der Waals surface area contributed by atoms with Crippen molar-refractivity contribution in [3.05, 3.63) is 98.6 Å². The van der Waals surface area contributed by atoms with Crippen LogP contribution in [0.2, 0.25) is 0 Å². The van der Waals surface area contributed by atoms with Gasteiger partial charge in [0.25, 0.3) is 5.91 Å². The van der Waals surface area contributed by atoms with Gasteiger partial charge in [-0.15, -0.1) is 0 Å². The van der Waals surface area contributed by atoms with E-state index in [4.69, 9.17) is 10.5 Å². The molecule has 0 aliphatic heterocycles. The first-order valence-corrected chi connectivity index (χ1v) is 10.2. The van der Waals surface area contributed by atoms with Crippen LogP contribution in [-0.4, -0.2) is 30.0 Å². The van der Waals surface area contributed by atoms with Crippen molar-refractivity contribution >= 4 is 17.5 Å². The van der Waals surface area contributed by atoms with Gasteiger partial charge < -0.3 is 15.8 Å². The Hall–Kier alpha value is -4.80. The third-order valence-electron chi connectivity index (χ3n) is 4.93. The summed E-state index contributed by atoms with van der Waals surface area (Å²) < 4.78 is 7.90. The quantitative estimate of drug-likeness (QED) is 0.425. The number of rotatable bonds is 7. The molecule has 0 atom stereocenters. The largest absolute Gasteiger partial charge is 0.424 e. The molecule has 11 heteroatoms.